The van der Waals surface area contributed by atoms with Crippen LogP contribution in [0, 0.1) is 18.6 Å². The van der Waals surface area contributed by atoms with Crippen molar-refractivity contribution in [2.24, 2.45) is 5.73 Å². The molecule has 0 saturated carbocycles. The molecule has 0 bridgehead atoms. The van der Waals surface area contributed by atoms with Crippen LogP contribution in [0.2, 0.25) is 0 Å². The van der Waals surface area contributed by atoms with Crippen LogP contribution in [0.4, 0.5) is 8.78 Å². The number of carbonyl (C=O) groups is 2. The molecule has 3 N–H and O–H groups in total. The third kappa shape index (κ3) is 10.5. The Labute approximate surface area is 254 Å². The van der Waals surface area contributed by atoms with E-state index in [1.807, 2.05) is 45.0 Å². The quantitative estimate of drug-likeness (QED) is 0.247. The first-order chi connectivity index (χ1) is 20.5. The van der Waals surface area contributed by atoms with E-state index >= 15 is 0 Å². The van der Waals surface area contributed by atoms with Gasteiger partial charge in [-0.25, -0.2) is 13.6 Å². The van der Waals surface area contributed by atoms with Gasteiger partial charge in [0.1, 0.15) is 17.7 Å². The normalized spacial score (nSPS) is 12.7. The maximum absolute atomic E-state index is 13.9. The number of aryl methyl sites for hydroxylation is 2. The van der Waals surface area contributed by atoms with Crippen LogP contribution in [0.15, 0.2) is 60.7 Å². The van der Waals surface area contributed by atoms with Crippen molar-refractivity contribution in [1.82, 2.24) is 15.1 Å². The van der Waals surface area contributed by atoms with E-state index in [0.29, 0.717) is 37.3 Å². The molecule has 0 unspecified atom stereocenters. The predicted octanol–water partition coefficient (Wildman–Crippen LogP) is 4.74. The summed E-state index contributed by atoms with van der Waals surface area (Å²) in [6.45, 7) is 8.36. The summed E-state index contributed by atoms with van der Waals surface area (Å²) in [6, 6.07) is 15.6. The van der Waals surface area contributed by atoms with Gasteiger partial charge in [0.15, 0.2) is 0 Å². The molecule has 0 saturated heterocycles. The molecule has 0 aliphatic rings. The zero-order chi connectivity index (χ0) is 31.5. The van der Waals surface area contributed by atoms with Gasteiger partial charge in [-0.3, -0.25) is 4.79 Å². The van der Waals surface area contributed by atoms with Crippen LogP contribution >= 0.6 is 0 Å². The van der Waals surface area contributed by atoms with E-state index in [2.05, 4.69) is 24.4 Å². The van der Waals surface area contributed by atoms with Crippen LogP contribution in [0.25, 0.3) is 0 Å². The second-order valence-electron chi connectivity index (χ2n) is 11.2. The highest BCUT2D eigenvalue weighted by Crippen LogP contribution is 2.17. The van der Waals surface area contributed by atoms with Gasteiger partial charge in [-0.05, 0) is 93.4 Å². The van der Waals surface area contributed by atoms with Gasteiger partial charge in [0, 0.05) is 50.4 Å². The Kier molecular flexibility index (Phi) is 12.8. The molecule has 0 heterocycles. The summed E-state index contributed by atoms with van der Waals surface area (Å²) >= 11 is 0. The van der Waals surface area contributed by atoms with Crippen molar-refractivity contribution in [3.8, 4) is 0 Å². The van der Waals surface area contributed by atoms with Gasteiger partial charge in [-0.1, -0.05) is 31.2 Å². The summed E-state index contributed by atoms with van der Waals surface area (Å²) in [7, 11) is 3.89. The molecule has 3 aromatic carbocycles. The molecule has 9 heteroatoms. The fourth-order valence-corrected chi connectivity index (χ4v) is 4.87. The van der Waals surface area contributed by atoms with Gasteiger partial charge in [0.2, 0.25) is 0 Å². The minimum absolute atomic E-state index is 0.0918. The van der Waals surface area contributed by atoms with Crippen molar-refractivity contribution in [1.29, 1.82) is 0 Å². The van der Waals surface area contributed by atoms with E-state index in [-0.39, 0.29) is 24.4 Å². The summed E-state index contributed by atoms with van der Waals surface area (Å²) < 4.78 is 33.6. The predicted molar refractivity (Wildman–Crippen MR) is 166 cm³/mol. The second kappa shape index (κ2) is 16.3. The molecular weight excluding hydrogens is 550 g/mol. The van der Waals surface area contributed by atoms with Gasteiger partial charge in [-0.2, -0.15) is 0 Å². The number of carbonyl (C=O) groups excluding carboxylic acids is 2. The topological polar surface area (TPSA) is 87.9 Å². The van der Waals surface area contributed by atoms with Crippen LogP contribution in [0.5, 0.6) is 0 Å². The largest absolute Gasteiger partial charge is 0.456 e. The van der Waals surface area contributed by atoms with Crippen LogP contribution in [-0.2, 0) is 24.1 Å². The van der Waals surface area contributed by atoms with Crippen LogP contribution in [-0.4, -0.2) is 74.1 Å². The lowest BCUT2D eigenvalue weighted by Gasteiger charge is -2.25. The Morgan fingerprint density at radius 3 is 2.23 bits per heavy atom. The SMILES string of the molecule is CCc1cccc(CNC[C@@H](OC(=O)c2cc(C)cc(C(=O)N(CC)CCN(C)C)c2)[C@@H](N)Cc2cc(F)cc(F)c2)c1. The zero-order valence-corrected chi connectivity index (χ0v) is 25.8. The number of hydrogen-bond acceptors (Lipinski definition) is 6. The molecular formula is C34H44F2N4O3. The number of hydrogen-bond donors (Lipinski definition) is 2. The molecule has 0 aliphatic heterocycles. The number of nitrogens with one attached hydrogen (secondary N) is 1. The van der Waals surface area contributed by atoms with E-state index in [4.69, 9.17) is 10.5 Å². The van der Waals surface area contributed by atoms with E-state index < -0.39 is 29.7 Å². The van der Waals surface area contributed by atoms with Gasteiger partial charge in [0.05, 0.1) is 5.56 Å². The van der Waals surface area contributed by atoms with Crippen molar-refractivity contribution in [3.05, 3.63) is 106 Å². The maximum Gasteiger partial charge on any atom is 0.338 e. The van der Waals surface area contributed by atoms with Crippen molar-refractivity contribution in [2.75, 3.05) is 40.3 Å². The van der Waals surface area contributed by atoms with Crippen LogP contribution in [0.1, 0.15) is 56.8 Å². The molecule has 7 nitrogen and oxygen atoms in total. The van der Waals surface area contributed by atoms with Crippen LogP contribution in [0.3, 0.4) is 0 Å². The number of likely N-dealkylation sites (N-methyl/N-ethyl adjacent to an activating group) is 2. The summed E-state index contributed by atoms with van der Waals surface area (Å²) in [5, 5.41) is 3.32. The molecule has 0 aromatic heterocycles. The van der Waals surface area contributed by atoms with Gasteiger partial charge < -0.3 is 25.6 Å². The van der Waals surface area contributed by atoms with E-state index in [0.717, 1.165) is 23.6 Å². The average molecular weight is 595 g/mol. The molecule has 1 amide bonds. The minimum Gasteiger partial charge on any atom is -0.456 e. The summed E-state index contributed by atoms with van der Waals surface area (Å²) in [4.78, 5) is 30.5. The monoisotopic (exact) mass is 594 g/mol. The number of benzene rings is 3. The second-order valence-corrected chi connectivity index (χ2v) is 11.2. The lowest BCUT2D eigenvalue weighted by Crippen LogP contribution is -2.46. The van der Waals surface area contributed by atoms with Gasteiger partial charge in [0.25, 0.3) is 5.91 Å². The fraction of sp³-hybridized carbons (Fsp3) is 0.412. The van der Waals surface area contributed by atoms with Crippen molar-refractivity contribution < 1.29 is 23.1 Å². The zero-order valence-electron chi connectivity index (χ0n) is 25.8. The lowest BCUT2D eigenvalue weighted by molar-refractivity contribution is 0.0238. The molecule has 0 radical (unpaired) electrons. The number of halogens is 2. The highest BCUT2D eigenvalue weighted by atomic mass is 19.1. The third-order valence-electron chi connectivity index (χ3n) is 7.25. The van der Waals surface area contributed by atoms with Crippen molar-refractivity contribution in [2.45, 2.75) is 52.3 Å². The fourth-order valence-electron chi connectivity index (χ4n) is 4.87. The Bertz CT molecular complexity index is 1360. The number of esters is 1. The van der Waals surface area contributed by atoms with E-state index in [1.54, 1.807) is 23.1 Å². The maximum atomic E-state index is 13.9. The average Bonchev–Trinajstić information content (AvgIpc) is 2.95. The first-order valence-electron chi connectivity index (χ1n) is 14.7. The molecule has 3 rings (SSSR count). The number of amides is 1. The Hall–Kier alpha value is -3.66. The molecule has 3 aromatic rings. The number of rotatable bonds is 15. The molecule has 0 spiro atoms. The third-order valence-corrected chi connectivity index (χ3v) is 7.25. The van der Waals surface area contributed by atoms with E-state index in [1.165, 1.54) is 17.7 Å². The first kappa shape index (κ1) is 33.8. The molecule has 0 fully saturated rings. The first-order valence-corrected chi connectivity index (χ1v) is 14.7. The summed E-state index contributed by atoms with van der Waals surface area (Å²) in [6.07, 6.45) is 0.185. The number of ether oxygens (including phenoxy) is 1. The van der Waals surface area contributed by atoms with Crippen LogP contribution < -0.4 is 11.1 Å². The molecule has 2 atom stereocenters. The molecule has 0 aliphatic carbocycles. The smallest absolute Gasteiger partial charge is 0.338 e. The number of nitrogens with zero attached hydrogens (tertiary/aromatic N) is 2. The highest BCUT2D eigenvalue weighted by Gasteiger charge is 2.25. The molecule has 43 heavy (non-hydrogen) atoms. The Balaban J connectivity index is 1.80. The minimum atomic E-state index is -0.819. The standard InChI is InChI=1S/C34H44F2N4O3/c1-6-24-9-8-10-25(15-24)21-38-22-32(31(37)18-26-16-29(35)20-30(36)17-26)43-34(42)28-14-23(3)13-27(19-28)33(41)40(7-2)12-11-39(4)5/h8-10,13-17,19-20,31-32,38H,6-7,11-12,18,21-22,37H2,1-5H3/t31-,32+/m0/s1. The lowest BCUT2D eigenvalue weighted by atomic mass is 10.0. The highest BCUT2D eigenvalue weighted by molar-refractivity contribution is 5.98. The Morgan fingerprint density at radius 1 is 0.907 bits per heavy atom. The molecule has 232 valence electrons. The van der Waals surface area contributed by atoms with E-state index in [9.17, 15) is 18.4 Å². The van der Waals surface area contributed by atoms with Gasteiger partial charge >= 0.3 is 5.97 Å². The van der Waals surface area contributed by atoms with Gasteiger partial charge in [-0.15, -0.1) is 0 Å². The van der Waals surface area contributed by atoms with Crippen molar-refractivity contribution in [3.63, 3.8) is 0 Å². The summed E-state index contributed by atoms with van der Waals surface area (Å²) in [5.41, 5.74) is 10.5. The number of nitrogens with two attached hydrogens (primary N) is 1. The summed E-state index contributed by atoms with van der Waals surface area (Å²) in [5.74, 6) is -2.20. The van der Waals surface area contributed by atoms with Crippen molar-refractivity contribution >= 4 is 11.9 Å². The Morgan fingerprint density at radius 2 is 1.58 bits per heavy atom.